The molecule has 2 rings (SSSR count). The lowest BCUT2D eigenvalue weighted by atomic mass is 10.2. The summed E-state index contributed by atoms with van der Waals surface area (Å²) in [4.78, 5) is 0. The second kappa shape index (κ2) is 3.70. The van der Waals surface area contributed by atoms with Crippen LogP contribution in [0.4, 0.5) is 13.2 Å². The maximum absolute atomic E-state index is 12.6. The highest BCUT2D eigenvalue weighted by Gasteiger charge is 2.37. The molecule has 0 radical (unpaired) electrons. The third-order valence-electron chi connectivity index (χ3n) is 2.08. The Bertz CT molecular complexity index is 371. The third-order valence-corrected chi connectivity index (χ3v) is 2.71. The zero-order chi connectivity index (χ0) is 11.1. The minimum absolute atomic E-state index is 0.0511. The van der Waals surface area contributed by atoms with Crippen molar-refractivity contribution in [1.82, 2.24) is 0 Å². The molecule has 1 saturated carbocycles. The van der Waals surface area contributed by atoms with Crippen LogP contribution in [-0.4, -0.2) is 6.10 Å². The molecule has 0 amide bonds. The van der Waals surface area contributed by atoms with Crippen LogP contribution in [0.25, 0.3) is 0 Å². The lowest BCUT2D eigenvalue weighted by molar-refractivity contribution is -0.139. The van der Waals surface area contributed by atoms with Crippen molar-refractivity contribution in [3.8, 4) is 5.75 Å². The van der Waals surface area contributed by atoms with Crippen LogP contribution in [0.2, 0.25) is 0 Å². The van der Waals surface area contributed by atoms with E-state index in [9.17, 15) is 13.2 Å². The van der Waals surface area contributed by atoms with Crippen molar-refractivity contribution >= 4 is 15.9 Å². The van der Waals surface area contributed by atoms with Gasteiger partial charge in [-0.2, -0.15) is 13.2 Å². The second-order valence-electron chi connectivity index (χ2n) is 3.43. The number of rotatable bonds is 2. The van der Waals surface area contributed by atoms with Gasteiger partial charge in [0.05, 0.1) is 16.1 Å². The van der Waals surface area contributed by atoms with Gasteiger partial charge in [0, 0.05) is 0 Å². The van der Waals surface area contributed by atoms with Gasteiger partial charge in [-0.15, -0.1) is 0 Å². The number of hydrogen-bond acceptors (Lipinski definition) is 1. The van der Waals surface area contributed by atoms with E-state index in [2.05, 4.69) is 15.9 Å². The van der Waals surface area contributed by atoms with Gasteiger partial charge in [-0.3, -0.25) is 0 Å². The van der Waals surface area contributed by atoms with E-state index in [1.54, 1.807) is 6.07 Å². The minimum Gasteiger partial charge on any atom is -0.489 e. The first kappa shape index (κ1) is 10.8. The van der Waals surface area contributed by atoms with Crippen molar-refractivity contribution in [2.24, 2.45) is 0 Å². The molecule has 1 aliphatic rings. The fourth-order valence-corrected chi connectivity index (χ4v) is 1.66. The first-order valence-corrected chi connectivity index (χ1v) is 5.30. The largest absolute Gasteiger partial charge is 0.489 e. The molecule has 0 unspecified atom stereocenters. The maximum atomic E-state index is 12.6. The molecule has 1 aromatic rings. The standard InChI is InChI=1S/C10H8BrF3O/c11-8-3-1-2-7(10(12,13)14)9(8)15-6-4-5-6/h1-3,6H,4-5H2. The van der Waals surface area contributed by atoms with Crippen molar-refractivity contribution in [1.29, 1.82) is 0 Å². The zero-order valence-electron chi connectivity index (χ0n) is 7.64. The van der Waals surface area contributed by atoms with E-state index >= 15 is 0 Å². The van der Waals surface area contributed by atoms with Crippen LogP contribution in [0.1, 0.15) is 18.4 Å². The van der Waals surface area contributed by atoms with Crippen molar-refractivity contribution in [2.45, 2.75) is 25.1 Å². The Hall–Kier alpha value is -0.710. The molecule has 1 aliphatic carbocycles. The highest BCUT2D eigenvalue weighted by Crippen LogP contribution is 2.42. The van der Waals surface area contributed by atoms with Gasteiger partial charge >= 0.3 is 6.18 Å². The van der Waals surface area contributed by atoms with Gasteiger partial charge in [0.1, 0.15) is 5.75 Å². The second-order valence-corrected chi connectivity index (χ2v) is 4.29. The third kappa shape index (κ3) is 2.45. The van der Waals surface area contributed by atoms with E-state index < -0.39 is 11.7 Å². The topological polar surface area (TPSA) is 9.23 Å². The van der Waals surface area contributed by atoms with E-state index in [1.165, 1.54) is 6.07 Å². The molecule has 0 aromatic heterocycles. The molecule has 0 atom stereocenters. The number of alkyl halides is 3. The van der Waals surface area contributed by atoms with Gasteiger partial charge in [-0.25, -0.2) is 0 Å². The van der Waals surface area contributed by atoms with E-state index in [4.69, 9.17) is 4.74 Å². The van der Waals surface area contributed by atoms with Gasteiger partial charge in [-0.1, -0.05) is 6.07 Å². The van der Waals surface area contributed by atoms with E-state index in [0.29, 0.717) is 4.47 Å². The lowest BCUT2D eigenvalue weighted by Gasteiger charge is -2.14. The van der Waals surface area contributed by atoms with Gasteiger partial charge in [0.15, 0.2) is 0 Å². The summed E-state index contributed by atoms with van der Waals surface area (Å²) < 4.78 is 43.4. The summed E-state index contributed by atoms with van der Waals surface area (Å²) in [5, 5.41) is 0. The van der Waals surface area contributed by atoms with Crippen molar-refractivity contribution in [3.05, 3.63) is 28.2 Å². The number of ether oxygens (including phenoxy) is 1. The summed E-state index contributed by atoms with van der Waals surface area (Å²) in [5.41, 5.74) is -0.719. The molecular formula is C10H8BrF3O. The molecule has 15 heavy (non-hydrogen) atoms. The quantitative estimate of drug-likeness (QED) is 0.795. The van der Waals surface area contributed by atoms with Crippen molar-refractivity contribution < 1.29 is 17.9 Å². The van der Waals surface area contributed by atoms with Gasteiger partial charge in [0.2, 0.25) is 0 Å². The molecule has 0 heterocycles. The SMILES string of the molecule is FC(F)(F)c1cccc(Br)c1OC1CC1. The molecule has 5 heteroatoms. The molecule has 1 nitrogen and oxygen atoms in total. The molecular weight excluding hydrogens is 273 g/mol. The summed E-state index contributed by atoms with van der Waals surface area (Å²) in [6, 6.07) is 3.93. The summed E-state index contributed by atoms with van der Waals surface area (Å²) in [5.74, 6) is -0.0903. The summed E-state index contributed by atoms with van der Waals surface area (Å²) >= 11 is 3.07. The van der Waals surface area contributed by atoms with E-state index in [0.717, 1.165) is 18.9 Å². The van der Waals surface area contributed by atoms with Crippen LogP contribution >= 0.6 is 15.9 Å². The summed E-state index contributed by atoms with van der Waals surface area (Å²) in [6.07, 6.45) is -2.75. The average molecular weight is 281 g/mol. The monoisotopic (exact) mass is 280 g/mol. The van der Waals surface area contributed by atoms with Crippen LogP contribution in [-0.2, 0) is 6.18 Å². The normalized spacial score (nSPS) is 16.5. The molecule has 0 N–H and O–H groups in total. The van der Waals surface area contributed by atoms with Crippen LogP contribution in [0.5, 0.6) is 5.75 Å². The zero-order valence-corrected chi connectivity index (χ0v) is 9.23. The number of para-hydroxylation sites is 1. The minimum atomic E-state index is -4.37. The highest BCUT2D eigenvalue weighted by atomic mass is 79.9. The first-order valence-electron chi connectivity index (χ1n) is 4.51. The first-order chi connectivity index (χ1) is 6.98. The number of benzene rings is 1. The van der Waals surface area contributed by atoms with E-state index in [1.807, 2.05) is 0 Å². The molecule has 1 fully saturated rings. The number of hydrogen-bond donors (Lipinski definition) is 0. The Kier molecular flexibility index (Phi) is 2.66. The highest BCUT2D eigenvalue weighted by molar-refractivity contribution is 9.10. The Balaban J connectivity index is 2.38. The van der Waals surface area contributed by atoms with Crippen LogP contribution in [0.3, 0.4) is 0 Å². The Labute approximate surface area is 93.4 Å². The van der Waals surface area contributed by atoms with Crippen LogP contribution in [0.15, 0.2) is 22.7 Å². The summed E-state index contributed by atoms with van der Waals surface area (Å²) in [7, 11) is 0. The molecule has 0 aliphatic heterocycles. The fourth-order valence-electron chi connectivity index (χ4n) is 1.20. The molecule has 0 bridgehead atoms. The average Bonchev–Trinajstić information content (AvgIpc) is 2.90. The van der Waals surface area contributed by atoms with E-state index in [-0.39, 0.29) is 11.9 Å². The van der Waals surface area contributed by atoms with Crippen LogP contribution < -0.4 is 4.74 Å². The fraction of sp³-hybridized carbons (Fsp3) is 0.400. The molecule has 0 spiro atoms. The smallest absolute Gasteiger partial charge is 0.420 e. The Morgan fingerprint density at radius 2 is 1.93 bits per heavy atom. The van der Waals surface area contributed by atoms with Gasteiger partial charge in [-0.05, 0) is 40.9 Å². The van der Waals surface area contributed by atoms with Gasteiger partial charge in [0.25, 0.3) is 0 Å². The lowest BCUT2D eigenvalue weighted by Crippen LogP contribution is -2.09. The molecule has 0 saturated heterocycles. The number of halogens is 4. The molecule has 1 aromatic carbocycles. The Morgan fingerprint density at radius 3 is 2.47 bits per heavy atom. The predicted octanol–water partition coefficient (Wildman–Crippen LogP) is 4.01. The van der Waals surface area contributed by atoms with Crippen LogP contribution in [0, 0.1) is 0 Å². The molecule has 82 valence electrons. The predicted molar refractivity (Wildman–Crippen MR) is 52.8 cm³/mol. The van der Waals surface area contributed by atoms with Gasteiger partial charge < -0.3 is 4.74 Å². The Morgan fingerprint density at radius 1 is 1.27 bits per heavy atom. The summed E-state index contributed by atoms with van der Waals surface area (Å²) in [6.45, 7) is 0. The van der Waals surface area contributed by atoms with Crippen molar-refractivity contribution in [3.63, 3.8) is 0 Å². The van der Waals surface area contributed by atoms with Crippen molar-refractivity contribution in [2.75, 3.05) is 0 Å². The maximum Gasteiger partial charge on any atom is 0.420 e.